The molecule has 5 N–H and O–H groups in total. The number of aromatic nitrogens is 1. The first kappa shape index (κ1) is 27.9. The van der Waals surface area contributed by atoms with Crippen LogP contribution in [0.1, 0.15) is 30.4 Å². The molecule has 1 aromatic heterocycles. The molecule has 1 fully saturated rings. The van der Waals surface area contributed by atoms with Crippen molar-refractivity contribution in [3.8, 4) is 5.75 Å². The predicted molar refractivity (Wildman–Crippen MR) is 126 cm³/mol. The Balaban J connectivity index is 1.74. The summed E-state index contributed by atoms with van der Waals surface area (Å²) >= 11 is 0. The van der Waals surface area contributed by atoms with E-state index in [9.17, 15) is 24.4 Å². The van der Waals surface area contributed by atoms with Gasteiger partial charge in [0, 0.05) is 6.07 Å². The van der Waals surface area contributed by atoms with Crippen LogP contribution in [0.3, 0.4) is 0 Å². The number of amides is 1. The average molecular weight is 524 g/mol. The second-order valence-electron chi connectivity index (χ2n) is 8.40. The number of para-hydroxylation sites is 1. The van der Waals surface area contributed by atoms with Crippen molar-refractivity contribution in [2.24, 2.45) is 5.73 Å². The largest absolute Gasteiger partial charge is 0.459 e. The second kappa shape index (κ2) is 12.5. The first-order valence-electron chi connectivity index (χ1n) is 11.3. The summed E-state index contributed by atoms with van der Waals surface area (Å²) in [6.07, 6.45) is -1.74. The normalized spacial score (nSPS) is 24.2. The molecule has 0 bridgehead atoms. The van der Waals surface area contributed by atoms with Gasteiger partial charge in [-0.2, -0.15) is 9.65 Å². The minimum atomic E-state index is -4.19. The van der Waals surface area contributed by atoms with Crippen LogP contribution in [0.25, 0.3) is 0 Å². The molecule has 1 aromatic carbocycles. The summed E-state index contributed by atoms with van der Waals surface area (Å²) in [5.74, 6) is -0.457. The van der Waals surface area contributed by atoms with Gasteiger partial charge in [-0.3, -0.25) is 9.32 Å². The average Bonchev–Trinajstić information content (AvgIpc) is 3.14. The third-order valence-electron chi connectivity index (χ3n) is 5.21. The van der Waals surface area contributed by atoms with E-state index in [0.717, 1.165) is 0 Å². The number of aliphatic hydroxyl groups is 2. The van der Waals surface area contributed by atoms with E-state index in [4.69, 9.17) is 24.3 Å². The first-order valence-corrected chi connectivity index (χ1v) is 12.8. The molecule has 0 aliphatic carbocycles. The highest BCUT2D eigenvalue weighted by Crippen LogP contribution is 2.45. The van der Waals surface area contributed by atoms with E-state index in [0.29, 0.717) is 6.29 Å². The Kier molecular flexibility index (Phi) is 9.69. The highest BCUT2D eigenvalue weighted by atomic mass is 31.2. The fourth-order valence-corrected chi connectivity index (χ4v) is 4.86. The van der Waals surface area contributed by atoms with Crippen molar-refractivity contribution in [2.45, 2.75) is 50.5 Å². The van der Waals surface area contributed by atoms with Crippen molar-refractivity contribution in [2.75, 3.05) is 13.2 Å². The number of hydrogen-bond acceptors (Lipinski definition) is 9. The Morgan fingerprint density at radius 2 is 1.94 bits per heavy atom. The van der Waals surface area contributed by atoms with Crippen LogP contribution in [0.15, 0.2) is 54.9 Å². The molecule has 1 aliphatic rings. The number of ether oxygens (including phenoxy) is 2. The molecule has 0 radical (unpaired) electrons. The fraction of sp³-hybridized carbons (Fsp3) is 0.435. The van der Waals surface area contributed by atoms with Gasteiger partial charge in [0.2, 0.25) is 0 Å². The molecule has 36 heavy (non-hydrogen) atoms. The molecule has 196 valence electrons. The highest BCUT2D eigenvalue weighted by Gasteiger charge is 2.49. The Morgan fingerprint density at radius 1 is 1.22 bits per heavy atom. The number of pyridine rings is 1. The number of nitrogens with two attached hydrogens (primary N) is 1. The van der Waals surface area contributed by atoms with Crippen LogP contribution in [-0.2, 0) is 23.4 Å². The second-order valence-corrected chi connectivity index (χ2v) is 10.1. The van der Waals surface area contributed by atoms with Crippen molar-refractivity contribution >= 4 is 19.9 Å². The predicted octanol–water partition coefficient (Wildman–Crippen LogP) is 0.478. The standard InChI is InChI=1S/C23H30N3O9P/c1-15(2)32-13-17(12-27)25-36(31,35-18-8-4-3-5-9-18)33-14-19-20(28)21(29)23(34-19)26-10-6-7-16(11-26)22(24)30/h3-12,15,17,19-21,23,28-29H,13-14H2,1-2H3,(H2-,24,25,30,31)/p+1/t17-,19-,20-,21-,23-,36?/m1/s1. The lowest BCUT2D eigenvalue weighted by Crippen LogP contribution is -2.46. The van der Waals surface area contributed by atoms with Crippen LogP contribution in [0, 0.1) is 0 Å². The fourth-order valence-electron chi connectivity index (χ4n) is 3.40. The number of aliphatic hydroxyl groups excluding tert-OH is 2. The lowest BCUT2D eigenvalue weighted by molar-refractivity contribution is -0.765. The number of benzene rings is 1. The van der Waals surface area contributed by atoms with E-state index < -0.39 is 50.8 Å². The molecule has 1 saturated heterocycles. The zero-order chi connectivity index (χ0) is 26.3. The number of hydrogen-bond donors (Lipinski definition) is 4. The van der Waals surface area contributed by atoms with E-state index in [2.05, 4.69) is 5.09 Å². The van der Waals surface area contributed by atoms with Gasteiger partial charge in [0.15, 0.2) is 18.5 Å². The van der Waals surface area contributed by atoms with Gasteiger partial charge in [0.05, 0.1) is 25.4 Å². The monoisotopic (exact) mass is 524 g/mol. The van der Waals surface area contributed by atoms with Crippen molar-refractivity contribution in [3.05, 3.63) is 60.4 Å². The van der Waals surface area contributed by atoms with E-state index in [1.807, 2.05) is 0 Å². The number of rotatable bonds is 13. The summed E-state index contributed by atoms with van der Waals surface area (Å²) < 4.78 is 37.3. The van der Waals surface area contributed by atoms with Crippen LogP contribution >= 0.6 is 7.75 Å². The lowest BCUT2D eigenvalue weighted by Gasteiger charge is -2.24. The van der Waals surface area contributed by atoms with Gasteiger partial charge in [-0.05, 0) is 32.0 Å². The zero-order valence-corrected chi connectivity index (χ0v) is 20.8. The van der Waals surface area contributed by atoms with Crippen molar-refractivity contribution in [1.29, 1.82) is 0 Å². The Morgan fingerprint density at radius 3 is 2.58 bits per heavy atom. The molecule has 6 atom stereocenters. The summed E-state index contributed by atoms with van der Waals surface area (Å²) in [4.78, 5) is 23.1. The number of carbonyl (C=O) groups is 2. The summed E-state index contributed by atoms with van der Waals surface area (Å²) in [7, 11) is -4.19. The van der Waals surface area contributed by atoms with Crippen LogP contribution in [0.5, 0.6) is 5.75 Å². The van der Waals surface area contributed by atoms with Gasteiger partial charge in [-0.25, -0.2) is 4.57 Å². The third kappa shape index (κ3) is 7.40. The van der Waals surface area contributed by atoms with Crippen LogP contribution < -0.4 is 19.9 Å². The number of nitrogens with one attached hydrogen (secondary N) is 1. The molecule has 0 saturated carbocycles. The van der Waals surface area contributed by atoms with Gasteiger partial charge in [-0.1, -0.05) is 18.2 Å². The van der Waals surface area contributed by atoms with Gasteiger partial charge in [-0.15, -0.1) is 0 Å². The topological polar surface area (TPSA) is 171 Å². The van der Waals surface area contributed by atoms with Crippen molar-refractivity contribution in [3.63, 3.8) is 0 Å². The Hall–Kier alpha value is -2.70. The first-order chi connectivity index (χ1) is 17.1. The molecule has 2 heterocycles. The molecule has 12 nitrogen and oxygen atoms in total. The molecular formula is C23H31N3O9P+. The molecule has 2 aromatic rings. The van der Waals surface area contributed by atoms with Gasteiger partial charge >= 0.3 is 7.75 Å². The van der Waals surface area contributed by atoms with Crippen molar-refractivity contribution in [1.82, 2.24) is 5.09 Å². The minimum Gasteiger partial charge on any atom is -0.413 e. The Bertz CT molecular complexity index is 1070. The van der Waals surface area contributed by atoms with Gasteiger partial charge < -0.3 is 34.7 Å². The maximum absolute atomic E-state index is 13.6. The molecule has 1 unspecified atom stereocenters. The molecule has 3 rings (SSSR count). The number of nitrogens with zero attached hydrogens (tertiary/aromatic N) is 1. The van der Waals surface area contributed by atoms with Crippen LogP contribution in [0.4, 0.5) is 0 Å². The van der Waals surface area contributed by atoms with E-state index in [1.54, 1.807) is 44.2 Å². The summed E-state index contributed by atoms with van der Waals surface area (Å²) in [6.45, 7) is 3.04. The summed E-state index contributed by atoms with van der Waals surface area (Å²) in [5, 5.41) is 23.6. The Labute approximate surface area is 208 Å². The number of aldehydes is 1. The smallest absolute Gasteiger partial charge is 0.413 e. The van der Waals surface area contributed by atoms with Crippen LogP contribution in [-0.4, -0.2) is 66.1 Å². The molecule has 1 amide bonds. The maximum Gasteiger partial charge on any atom is 0.459 e. The lowest BCUT2D eigenvalue weighted by atomic mass is 10.1. The van der Waals surface area contributed by atoms with Crippen LogP contribution in [0.2, 0.25) is 0 Å². The van der Waals surface area contributed by atoms with Crippen molar-refractivity contribution < 1.29 is 47.5 Å². The molecule has 13 heteroatoms. The number of primary amides is 1. The summed E-state index contributed by atoms with van der Waals surface area (Å²) in [6, 6.07) is 10.2. The molecular weight excluding hydrogens is 493 g/mol. The van der Waals surface area contributed by atoms with E-state index >= 15 is 0 Å². The van der Waals surface area contributed by atoms with E-state index in [1.165, 1.54) is 29.1 Å². The van der Waals surface area contributed by atoms with Gasteiger partial charge in [0.1, 0.15) is 29.8 Å². The van der Waals surface area contributed by atoms with Gasteiger partial charge in [0.25, 0.3) is 12.1 Å². The highest BCUT2D eigenvalue weighted by molar-refractivity contribution is 7.52. The zero-order valence-electron chi connectivity index (χ0n) is 19.9. The molecule has 1 aliphatic heterocycles. The summed E-state index contributed by atoms with van der Waals surface area (Å²) in [5.41, 5.74) is 5.48. The van der Waals surface area contributed by atoms with E-state index in [-0.39, 0.29) is 24.0 Å². The minimum absolute atomic E-state index is 0.0805. The SMILES string of the molecule is CC(C)OC[C@@H](C=O)NP(=O)(OC[C@H]1O[C@@H]([n+]2cccc(C(N)=O)c2)[C@H](O)[C@@H]1O)Oc1ccccc1. The maximum atomic E-state index is 13.6. The third-order valence-corrected chi connectivity index (χ3v) is 6.80. The number of carbonyl (C=O) groups excluding carboxylic acids is 2. The molecule has 0 spiro atoms. The quantitative estimate of drug-likeness (QED) is 0.164.